The predicted octanol–water partition coefficient (Wildman–Crippen LogP) is 0.356. The van der Waals surface area contributed by atoms with Gasteiger partial charge in [-0.15, -0.1) is 0 Å². The fourth-order valence-electron chi connectivity index (χ4n) is 1.99. The largest absolute Gasteiger partial charge is 0.385 e. The molecule has 5 nitrogen and oxygen atoms in total. The smallest absolute Gasteiger partial charge is 0.249 e. The molecule has 1 aromatic heterocycles. The van der Waals surface area contributed by atoms with E-state index in [0.717, 1.165) is 10.9 Å². The molecule has 0 bridgehead atoms. The lowest BCUT2D eigenvalue weighted by Gasteiger charge is -2.15. The minimum Gasteiger partial charge on any atom is -0.385 e. The molecule has 0 saturated carbocycles. The number of aliphatic hydroxyl groups is 2. The molecule has 2 rings (SSSR count). The molecule has 0 aliphatic heterocycles. The zero-order chi connectivity index (χ0) is 12.6. The number of aryl methyl sites for hydroxylation is 1. The van der Waals surface area contributed by atoms with E-state index in [1.807, 2.05) is 24.3 Å². The maximum Gasteiger partial charge on any atom is 0.249 e. The minimum absolute atomic E-state index is 0.506. The van der Waals surface area contributed by atoms with Crippen molar-refractivity contribution in [1.29, 1.82) is 0 Å². The van der Waals surface area contributed by atoms with E-state index in [1.54, 1.807) is 6.92 Å². The van der Waals surface area contributed by atoms with Crippen LogP contribution in [0.5, 0.6) is 0 Å². The highest BCUT2D eigenvalue weighted by Gasteiger charge is 2.27. The van der Waals surface area contributed by atoms with Gasteiger partial charge in [0.1, 0.15) is 6.10 Å². The Morgan fingerprint density at radius 2 is 2.00 bits per heavy atom. The number of benzene rings is 1. The van der Waals surface area contributed by atoms with Crippen LogP contribution in [-0.4, -0.2) is 27.2 Å². The van der Waals surface area contributed by atoms with E-state index in [4.69, 9.17) is 5.73 Å². The standard InChI is InChI=1S/C12H14N2O3/c1-6-9(10(15)11(16)12(13)17)7-4-2-3-5-8(7)14-6/h2-5,10-11,14-16H,1H3,(H2,13,17). The van der Waals surface area contributed by atoms with Crippen molar-refractivity contribution in [3.8, 4) is 0 Å². The summed E-state index contributed by atoms with van der Waals surface area (Å²) in [5.41, 5.74) is 7.04. The number of para-hydroxylation sites is 1. The van der Waals surface area contributed by atoms with Crippen molar-refractivity contribution in [3.63, 3.8) is 0 Å². The molecular weight excluding hydrogens is 220 g/mol. The summed E-state index contributed by atoms with van der Waals surface area (Å²) < 4.78 is 0. The van der Waals surface area contributed by atoms with Crippen molar-refractivity contribution in [2.45, 2.75) is 19.1 Å². The molecule has 0 fully saturated rings. The topological polar surface area (TPSA) is 99.3 Å². The summed E-state index contributed by atoms with van der Waals surface area (Å²) in [6.07, 6.45) is -2.92. The second-order valence-corrected chi connectivity index (χ2v) is 4.00. The number of H-pyrrole nitrogens is 1. The first-order chi connectivity index (χ1) is 8.02. The van der Waals surface area contributed by atoms with Crippen LogP contribution in [0.3, 0.4) is 0 Å². The Balaban J connectivity index is 2.54. The van der Waals surface area contributed by atoms with E-state index in [9.17, 15) is 15.0 Å². The van der Waals surface area contributed by atoms with Crippen LogP contribution in [0, 0.1) is 6.92 Å². The molecule has 2 aromatic rings. The highest BCUT2D eigenvalue weighted by atomic mass is 16.3. The zero-order valence-electron chi connectivity index (χ0n) is 9.34. The zero-order valence-corrected chi connectivity index (χ0v) is 9.34. The molecule has 1 heterocycles. The van der Waals surface area contributed by atoms with Crippen LogP contribution < -0.4 is 5.73 Å². The van der Waals surface area contributed by atoms with Crippen LogP contribution >= 0.6 is 0 Å². The van der Waals surface area contributed by atoms with Crippen LogP contribution in [0.1, 0.15) is 17.4 Å². The molecule has 2 unspecified atom stereocenters. The molecule has 2 atom stereocenters. The Morgan fingerprint density at radius 3 is 2.65 bits per heavy atom. The average Bonchev–Trinajstić information content (AvgIpc) is 2.62. The summed E-state index contributed by atoms with van der Waals surface area (Å²) in [7, 11) is 0. The SMILES string of the molecule is Cc1[nH]c2ccccc2c1C(O)C(O)C(N)=O. The molecule has 0 spiro atoms. The van der Waals surface area contributed by atoms with Gasteiger partial charge in [0, 0.05) is 22.2 Å². The summed E-state index contributed by atoms with van der Waals surface area (Å²) in [6.45, 7) is 1.77. The summed E-state index contributed by atoms with van der Waals surface area (Å²) in [4.78, 5) is 14.0. The average molecular weight is 234 g/mol. The van der Waals surface area contributed by atoms with Crippen molar-refractivity contribution in [2.75, 3.05) is 0 Å². The molecule has 5 N–H and O–H groups in total. The molecule has 0 saturated heterocycles. The number of nitrogens with one attached hydrogen (secondary N) is 1. The van der Waals surface area contributed by atoms with Gasteiger partial charge >= 0.3 is 0 Å². The first kappa shape index (κ1) is 11.6. The summed E-state index contributed by atoms with van der Waals surface area (Å²) in [5, 5.41) is 20.2. The molecule has 0 radical (unpaired) electrons. The highest BCUT2D eigenvalue weighted by Crippen LogP contribution is 2.29. The molecule has 5 heteroatoms. The second-order valence-electron chi connectivity index (χ2n) is 4.00. The van der Waals surface area contributed by atoms with E-state index >= 15 is 0 Å². The summed E-state index contributed by atoms with van der Waals surface area (Å²) in [5.74, 6) is -0.942. The lowest BCUT2D eigenvalue weighted by Crippen LogP contribution is -2.34. The van der Waals surface area contributed by atoms with Gasteiger partial charge in [0.15, 0.2) is 6.10 Å². The number of carbonyl (C=O) groups is 1. The first-order valence-electron chi connectivity index (χ1n) is 5.25. The van der Waals surface area contributed by atoms with Gasteiger partial charge in [-0.3, -0.25) is 4.79 Å². The van der Waals surface area contributed by atoms with E-state index in [0.29, 0.717) is 11.3 Å². The molecule has 90 valence electrons. The molecular formula is C12H14N2O3. The minimum atomic E-state index is -1.60. The Labute approximate surface area is 97.9 Å². The Morgan fingerprint density at radius 1 is 1.35 bits per heavy atom. The number of nitrogens with two attached hydrogens (primary N) is 1. The van der Waals surface area contributed by atoms with Crippen molar-refractivity contribution < 1.29 is 15.0 Å². The van der Waals surface area contributed by atoms with Gasteiger partial charge < -0.3 is 20.9 Å². The van der Waals surface area contributed by atoms with Gasteiger partial charge in [0.25, 0.3) is 0 Å². The predicted molar refractivity (Wildman–Crippen MR) is 63.2 cm³/mol. The number of aliphatic hydroxyl groups excluding tert-OH is 2. The maximum absolute atomic E-state index is 10.9. The number of hydrogen-bond acceptors (Lipinski definition) is 3. The van der Waals surface area contributed by atoms with Gasteiger partial charge in [-0.25, -0.2) is 0 Å². The van der Waals surface area contributed by atoms with E-state index in [-0.39, 0.29) is 0 Å². The number of aromatic amines is 1. The number of carbonyl (C=O) groups excluding carboxylic acids is 1. The van der Waals surface area contributed by atoms with Crippen molar-refractivity contribution in [3.05, 3.63) is 35.5 Å². The quantitative estimate of drug-likeness (QED) is 0.616. The summed E-state index contributed by atoms with van der Waals surface area (Å²) >= 11 is 0. The van der Waals surface area contributed by atoms with Crippen LogP contribution in [0.15, 0.2) is 24.3 Å². The van der Waals surface area contributed by atoms with Crippen molar-refractivity contribution >= 4 is 16.8 Å². The van der Waals surface area contributed by atoms with Gasteiger partial charge in [-0.05, 0) is 13.0 Å². The molecule has 0 aliphatic carbocycles. The number of rotatable bonds is 3. The Hall–Kier alpha value is -1.85. The lowest BCUT2D eigenvalue weighted by atomic mass is 10.0. The number of hydrogen-bond donors (Lipinski definition) is 4. The number of primary amides is 1. The normalized spacial score (nSPS) is 14.8. The lowest BCUT2D eigenvalue weighted by molar-refractivity contribution is -0.131. The van der Waals surface area contributed by atoms with Crippen LogP contribution in [-0.2, 0) is 4.79 Å². The molecule has 1 aromatic carbocycles. The monoisotopic (exact) mass is 234 g/mol. The van der Waals surface area contributed by atoms with Crippen LogP contribution in [0.2, 0.25) is 0 Å². The van der Waals surface area contributed by atoms with Gasteiger partial charge in [0.2, 0.25) is 5.91 Å². The fraction of sp³-hybridized carbons (Fsp3) is 0.250. The van der Waals surface area contributed by atoms with Crippen molar-refractivity contribution in [1.82, 2.24) is 4.98 Å². The number of amides is 1. The third-order valence-corrected chi connectivity index (χ3v) is 2.83. The maximum atomic E-state index is 10.9. The molecule has 17 heavy (non-hydrogen) atoms. The second kappa shape index (κ2) is 4.20. The van der Waals surface area contributed by atoms with Crippen LogP contribution in [0.25, 0.3) is 10.9 Å². The third-order valence-electron chi connectivity index (χ3n) is 2.83. The van der Waals surface area contributed by atoms with Gasteiger partial charge in [-0.1, -0.05) is 18.2 Å². The highest BCUT2D eigenvalue weighted by molar-refractivity contribution is 5.87. The van der Waals surface area contributed by atoms with Crippen molar-refractivity contribution in [2.24, 2.45) is 5.73 Å². The Bertz CT molecular complexity index is 562. The van der Waals surface area contributed by atoms with E-state index < -0.39 is 18.1 Å². The van der Waals surface area contributed by atoms with Gasteiger partial charge in [0.05, 0.1) is 0 Å². The van der Waals surface area contributed by atoms with E-state index in [1.165, 1.54) is 0 Å². The summed E-state index contributed by atoms with van der Waals surface area (Å²) in [6, 6.07) is 7.35. The fourth-order valence-corrected chi connectivity index (χ4v) is 1.99. The van der Waals surface area contributed by atoms with Gasteiger partial charge in [-0.2, -0.15) is 0 Å². The number of fused-ring (bicyclic) bond motifs is 1. The first-order valence-corrected chi connectivity index (χ1v) is 5.25. The Kier molecular flexibility index (Phi) is 2.87. The van der Waals surface area contributed by atoms with Crippen LogP contribution in [0.4, 0.5) is 0 Å². The molecule has 1 amide bonds. The third kappa shape index (κ3) is 1.90. The van der Waals surface area contributed by atoms with E-state index in [2.05, 4.69) is 4.98 Å². The molecule has 0 aliphatic rings. The number of aromatic nitrogens is 1.